The molecule has 184 valence electrons. The summed E-state index contributed by atoms with van der Waals surface area (Å²) in [5, 5.41) is 9.80. The molecule has 1 aromatic rings. The minimum Gasteiger partial charge on any atom is -0.372 e. The Morgan fingerprint density at radius 2 is 1.82 bits per heavy atom. The quantitative estimate of drug-likeness (QED) is 0.295. The largest absolute Gasteiger partial charge is 0.372 e. The third-order valence-corrected chi connectivity index (χ3v) is 7.52. The predicted molar refractivity (Wildman–Crippen MR) is 142 cm³/mol. The molecule has 3 rings (SSSR count). The van der Waals surface area contributed by atoms with Gasteiger partial charge in [-0.15, -0.1) is 0 Å². The van der Waals surface area contributed by atoms with Gasteiger partial charge in [0.05, 0.1) is 17.1 Å². The molecule has 0 N–H and O–H groups in total. The third-order valence-electron chi connectivity index (χ3n) is 6.15. The summed E-state index contributed by atoms with van der Waals surface area (Å²) in [5.74, 6) is 0.647. The second-order valence-electron chi connectivity index (χ2n) is 9.01. The van der Waals surface area contributed by atoms with Gasteiger partial charge in [-0.25, -0.2) is 0 Å². The van der Waals surface area contributed by atoms with Crippen molar-refractivity contribution in [2.45, 2.75) is 79.1 Å². The van der Waals surface area contributed by atoms with Crippen LogP contribution in [0.1, 0.15) is 70.1 Å². The van der Waals surface area contributed by atoms with Crippen LogP contribution in [0.5, 0.6) is 0 Å². The molecule has 2 fully saturated rings. The van der Waals surface area contributed by atoms with Crippen LogP contribution in [-0.2, 0) is 16.1 Å². The number of nitrogens with zero attached hydrogens (tertiary/aromatic N) is 4. The van der Waals surface area contributed by atoms with Crippen LogP contribution in [-0.4, -0.2) is 51.5 Å². The maximum absolute atomic E-state index is 13.3. The van der Waals surface area contributed by atoms with Crippen molar-refractivity contribution >= 4 is 46.1 Å². The predicted octanol–water partition coefficient (Wildman–Crippen LogP) is 4.44. The first kappa shape index (κ1) is 26.5. The highest BCUT2D eigenvalue weighted by Gasteiger charge is 2.34. The van der Waals surface area contributed by atoms with Crippen LogP contribution >= 0.6 is 24.0 Å². The molecule has 1 amide bonds. The molecule has 2 saturated heterocycles. The summed E-state index contributed by atoms with van der Waals surface area (Å²) in [6.45, 7) is 12.3. The van der Waals surface area contributed by atoms with E-state index in [4.69, 9.17) is 17.0 Å². The number of pyridine rings is 1. The second-order valence-corrected chi connectivity index (χ2v) is 10.7. The number of unbranched alkanes of at least 4 members (excludes halogenated alkanes) is 2. The summed E-state index contributed by atoms with van der Waals surface area (Å²) < 4.78 is 8.19. The zero-order valence-electron chi connectivity index (χ0n) is 20.7. The molecule has 0 aliphatic carbocycles. The lowest BCUT2D eigenvalue weighted by molar-refractivity contribution is -0.122. The van der Waals surface area contributed by atoms with Crippen LogP contribution in [0.25, 0.3) is 6.08 Å². The normalized spacial score (nSPS) is 22.1. The van der Waals surface area contributed by atoms with Crippen LogP contribution in [0.2, 0.25) is 0 Å². The van der Waals surface area contributed by atoms with E-state index in [1.54, 1.807) is 16.4 Å². The first-order chi connectivity index (χ1) is 16.2. The van der Waals surface area contributed by atoms with Gasteiger partial charge in [-0.05, 0) is 45.3 Å². The number of carbonyl (C=O) groups excluding carboxylic acids is 1. The molecule has 2 aliphatic heterocycles. The van der Waals surface area contributed by atoms with Crippen LogP contribution in [0, 0.1) is 18.3 Å². The Balaban J connectivity index is 2.17. The number of aromatic nitrogens is 1. The van der Waals surface area contributed by atoms with E-state index in [1.807, 2.05) is 26.8 Å². The number of thioether (sulfide) groups is 1. The molecule has 1 aromatic heterocycles. The fraction of sp³-hybridized carbons (Fsp3) is 0.600. The van der Waals surface area contributed by atoms with E-state index in [2.05, 4.69) is 17.9 Å². The highest BCUT2D eigenvalue weighted by molar-refractivity contribution is 8.26. The molecule has 7 nitrogen and oxygen atoms in total. The summed E-state index contributed by atoms with van der Waals surface area (Å²) >= 11 is 6.80. The minimum absolute atomic E-state index is 0.00509. The van der Waals surface area contributed by atoms with E-state index in [0.717, 1.165) is 37.1 Å². The first-order valence-corrected chi connectivity index (χ1v) is 13.3. The Labute approximate surface area is 211 Å². The van der Waals surface area contributed by atoms with Gasteiger partial charge < -0.3 is 9.64 Å². The van der Waals surface area contributed by atoms with Crippen LogP contribution in [0.3, 0.4) is 0 Å². The molecular weight excluding hydrogens is 468 g/mol. The standard InChI is InChI=1S/C25H34N4O3S2/c1-6-8-9-11-29-24(31)21(34-25(29)33)12-19-18(5)20(13-26)23(30)28(10-7-2)22(19)27-14-16(3)32-17(4)15-27/h12,16-17H,6-11,14-15H2,1-5H3. The summed E-state index contributed by atoms with van der Waals surface area (Å²) in [7, 11) is 0. The zero-order valence-corrected chi connectivity index (χ0v) is 22.4. The summed E-state index contributed by atoms with van der Waals surface area (Å²) in [6.07, 6.45) is 5.59. The van der Waals surface area contributed by atoms with Crippen molar-refractivity contribution in [2.75, 3.05) is 24.5 Å². The molecule has 9 heteroatoms. The Bertz CT molecular complexity index is 1080. The van der Waals surface area contributed by atoms with Crippen molar-refractivity contribution in [2.24, 2.45) is 0 Å². The first-order valence-electron chi connectivity index (χ1n) is 12.1. The highest BCUT2D eigenvalue weighted by Crippen LogP contribution is 2.36. The van der Waals surface area contributed by atoms with Gasteiger partial charge in [0.25, 0.3) is 11.5 Å². The molecule has 0 bridgehead atoms. The van der Waals surface area contributed by atoms with Gasteiger partial charge in [0.15, 0.2) is 0 Å². The third kappa shape index (κ3) is 5.40. The van der Waals surface area contributed by atoms with Gasteiger partial charge in [0.2, 0.25) is 0 Å². The summed E-state index contributed by atoms with van der Waals surface area (Å²) in [4.78, 5) is 30.9. The van der Waals surface area contributed by atoms with Crippen molar-refractivity contribution in [1.82, 2.24) is 9.47 Å². The molecule has 0 radical (unpaired) electrons. The molecule has 34 heavy (non-hydrogen) atoms. The number of ether oxygens (including phenoxy) is 1. The van der Waals surface area contributed by atoms with E-state index in [9.17, 15) is 14.9 Å². The van der Waals surface area contributed by atoms with E-state index in [0.29, 0.717) is 41.0 Å². The van der Waals surface area contributed by atoms with Gasteiger partial charge >= 0.3 is 0 Å². The number of thiocarbonyl (C=S) groups is 1. The summed E-state index contributed by atoms with van der Waals surface area (Å²) in [6, 6.07) is 2.10. The molecule has 0 spiro atoms. The van der Waals surface area contributed by atoms with Gasteiger partial charge in [-0.1, -0.05) is 50.7 Å². The van der Waals surface area contributed by atoms with Crippen molar-refractivity contribution in [1.29, 1.82) is 5.26 Å². The monoisotopic (exact) mass is 502 g/mol. The van der Waals surface area contributed by atoms with Gasteiger partial charge in [0, 0.05) is 31.7 Å². The molecule has 2 unspecified atom stereocenters. The number of hydrogen-bond acceptors (Lipinski definition) is 7. The minimum atomic E-state index is -0.284. The number of nitriles is 1. The topological polar surface area (TPSA) is 78.6 Å². The summed E-state index contributed by atoms with van der Waals surface area (Å²) in [5.41, 5.74) is 1.17. The van der Waals surface area contributed by atoms with Gasteiger partial charge in [-0.3, -0.25) is 19.1 Å². The van der Waals surface area contributed by atoms with E-state index >= 15 is 0 Å². The van der Waals surface area contributed by atoms with Crippen molar-refractivity contribution < 1.29 is 9.53 Å². The maximum Gasteiger partial charge on any atom is 0.270 e. The lowest BCUT2D eigenvalue weighted by atomic mass is 10.0. The molecule has 3 heterocycles. The smallest absolute Gasteiger partial charge is 0.270 e. The number of anilines is 1. The zero-order chi connectivity index (χ0) is 25.0. The molecule has 2 atom stereocenters. The Morgan fingerprint density at radius 1 is 1.15 bits per heavy atom. The lowest BCUT2D eigenvalue weighted by Crippen LogP contribution is -2.48. The van der Waals surface area contributed by atoms with E-state index < -0.39 is 0 Å². The van der Waals surface area contributed by atoms with Crippen LogP contribution in [0.15, 0.2) is 9.70 Å². The van der Waals surface area contributed by atoms with E-state index in [-0.39, 0.29) is 29.2 Å². The number of morpholine rings is 1. The van der Waals surface area contributed by atoms with Crippen molar-refractivity contribution in [3.63, 3.8) is 0 Å². The number of amides is 1. The van der Waals surface area contributed by atoms with Crippen molar-refractivity contribution in [3.05, 3.63) is 31.9 Å². The van der Waals surface area contributed by atoms with E-state index in [1.165, 1.54) is 11.8 Å². The van der Waals surface area contributed by atoms with Gasteiger partial charge in [0.1, 0.15) is 21.8 Å². The number of carbonyl (C=O) groups is 1. The Morgan fingerprint density at radius 3 is 2.41 bits per heavy atom. The average Bonchev–Trinajstić information content (AvgIpc) is 3.04. The number of rotatable bonds is 8. The molecule has 0 saturated carbocycles. The Kier molecular flexibility index (Phi) is 8.96. The Hall–Kier alpha value is -2.15. The fourth-order valence-corrected chi connectivity index (χ4v) is 5.90. The fourth-order valence-electron chi connectivity index (χ4n) is 4.61. The lowest BCUT2D eigenvalue weighted by Gasteiger charge is -2.39. The molecular formula is C25H34N4O3S2. The SMILES string of the molecule is CCCCCN1C(=O)C(=Cc2c(C)c(C#N)c(=O)n(CCC)c2N2CC(C)OC(C)C2)SC1=S. The highest BCUT2D eigenvalue weighted by atomic mass is 32.2. The maximum atomic E-state index is 13.3. The average molecular weight is 503 g/mol. The molecule has 2 aliphatic rings. The van der Waals surface area contributed by atoms with Gasteiger partial charge in [-0.2, -0.15) is 5.26 Å². The molecule has 0 aromatic carbocycles. The number of hydrogen-bond donors (Lipinski definition) is 0. The van der Waals surface area contributed by atoms with Crippen LogP contribution < -0.4 is 10.5 Å². The van der Waals surface area contributed by atoms with Crippen molar-refractivity contribution in [3.8, 4) is 6.07 Å². The second kappa shape index (κ2) is 11.5. The van der Waals surface area contributed by atoms with Crippen LogP contribution in [0.4, 0.5) is 5.82 Å².